The van der Waals surface area contributed by atoms with E-state index in [0.717, 1.165) is 4.57 Å². The molecule has 2 N–H and O–H groups in total. The van der Waals surface area contributed by atoms with Crippen LogP contribution < -0.4 is 11.2 Å². The third-order valence-corrected chi connectivity index (χ3v) is 2.90. The molecule has 0 fully saturated rings. The zero-order valence-corrected chi connectivity index (χ0v) is 12.9. The molecule has 3 rings (SSSR count). The van der Waals surface area contributed by atoms with Crippen LogP contribution in [0, 0.1) is 0 Å². The SMILES string of the molecule is Cn1c(=O)[nH]c2nnc(-c3ccncc3)nc2c1=O.O=C(O)C(F)(F)F. The fourth-order valence-corrected chi connectivity index (χ4v) is 1.62. The summed E-state index contributed by atoms with van der Waals surface area (Å²) in [5.41, 5.74) is -0.221. The van der Waals surface area contributed by atoms with Gasteiger partial charge >= 0.3 is 17.8 Å². The van der Waals surface area contributed by atoms with Crippen molar-refractivity contribution in [1.82, 2.24) is 29.7 Å². The normalized spacial score (nSPS) is 10.9. The number of carboxylic acids is 1. The van der Waals surface area contributed by atoms with E-state index in [1.807, 2.05) is 0 Å². The minimum atomic E-state index is -5.08. The highest BCUT2D eigenvalue weighted by Gasteiger charge is 2.38. The zero-order valence-electron chi connectivity index (χ0n) is 12.9. The van der Waals surface area contributed by atoms with Gasteiger partial charge in [-0.15, -0.1) is 10.2 Å². The number of H-pyrrole nitrogens is 1. The fraction of sp³-hybridized carbons (Fsp3) is 0.154. The molecule has 0 aliphatic rings. The van der Waals surface area contributed by atoms with E-state index >= 15 is 0 Å². The zero-order chi connectivity index (χ0) is 19.5. The van der Waals surface area contributed by atoms with Crippen LogP contribution in [0.15, 0.2) is 34.1 Å². The molecule has 0 aliphatic carbocycles. The van der Waals surface area contributed by atoms with Crippen molar-refractivity contribution in [2.24, 2.45) is 7.05 Å². The van der Waals surface area contributed by atoms with Gasteiger partial charge in [0.2, 0.25) is 0 Å². The smallest absolute Gasteiger partial charge is 0.475 e. The van der Waals surface area contributed by atoms with Crippen molar-refractivity contribution in [3.63, 3.8) is 0 Å². The maximum Gasteiger partial charge on any atom is 0.490 e. The largest absolute Gasteiger partial charge is 0.490 e. The van der Waals surface area contributed by atoms with Gasteiger partial charge in [0.05, 0.1) is 0 Å². The molecule has 136 valence electrons. The van der Waals surface area contributed by atoms with Crippen LogP contribution >= 0.6 is 0 Å². The van der Waals surface area contributed by atoms with Crippen LogP contribution in [-0.4, -0.2) is 47.0 Å². The average Bonchev–Trinajstić information content (AvgIpc) is 2.60. The number of aliphatic carboxylic acids is 1. The topological polar surface area (TPSA) is 144 Å². The maximum absolute atomic E-state index is 11.9. The molecule has 0 aliphatic heterocycles. The molecule has 3 heterocycles. The predicted molar refractivity (Wildman–Crippen MR) is 80.1 cm³/mol. The molecule has 0 unspecified atom stereocenters. The summed E-state index contributed by atoms with van der Waals surface area (Å²) in [6.45, 7) is 0. The van der Waals surface area contributed by atoms with Crippen molar-refractivity contribution in [1.29, 1.82) is 0 Å². The van der Waals surface area contributed by atoms with Gasteiger partial charge in [-0.1, -0.05) is 0 Å². The van der Waals surface area contributed by atoms with E-state index in [2.05, 4.69) is 25.1 Å². The summed E-state index contributed by atoms with van der Waals surface area (Å²) in [6, 6.07) is 3.41. The highest BCUT2D eigenvalue weighted by atomic mass is 19.4. The lowest BCUT2D eigenvalue weighted by Gasteiger charge is -2.01. The van der Waals surface area contributed by atoms with Crippen LogP contribution in [0.25, 0.3) is 22.6 Å². The standard InChI is InChI=1S/C11H8N6O2.C2HF3O2/c1-17-10(18)7-9(14-11(17)19)16-15-8(13-7)6-2-4-12-5-3-6;3-2(4,5)1(6)7/h2-5H,1H3,(H,14,16,19);(H,6,7). The Morgan fingerprint density at radius 1 is 1.19 bits per heavy atom. The van der Waals surface area contributed by atoms with Crippen molar-refractivity contribution < 1.29 is 23.1 Å². The quantitative estimate of drug-likeness (QED) is 0.614. The average molecular weight is 370 g/mol. The third-order valence-electron chi connectivity index (χ3n) is 2.90. The number of carboxylic acid groups (broad SMARTS) is 1. The number of nitrogens with one attached hydrogen (secondary N) is 1. The van der Waals surface area contributed by atoms with Crippen LogP contribution in [0.2, 0.25) is 0 Å². The Bertz CT molecular complexity index is 1060. The first-order valence-corrected chi connectivity index (χ1v) is 6.65. The van der Waals surface area contributed by atoms with Crippen molar-refractivity contribution in [3.8, 4) is 11.4 Å². The van der Waals surface area contributed by atoms with Crippen LogP contribution in [0.3, 0.4) is 0 Å². The predicted octanol–water partition coefficient (Wildman–Crippen LogP) is 0.107. The number of pyridine rings is 1. The molecule has 13 heteroatoms. The first-order chi connectivity index (χ1) is 12.1. The summed E-state index contributed by atoms with van der Waals surface area (Å²) in [4.78, 5) is 42.7. The molecule has 3 aromatic heterocycles. The van der Waals surface area contributed by atoms with Crippen LogP contribution in [0.5, 0.6) is 0 Å². The van der Waals surface area contributed by atoms with Gasteiger partial charge in [-0.2, -0.15) is 13.2 Å². The Balaban J connectivity index is 0.000000298. The molecular formula is C13H9F3N6O4. The van der Waals surface area contributed by atoms with Crippen molar-refractivity contribution in [2.45, 2.75) is 6.18 Å². The Labute approximate surface area is 141 Å². The first-order valence-electron chi connectivity index (χ1n) is 6.65. The van der Waals surface area contributed by atoms with Crippen LogP contribution in [-0.2, 0) is 11.8 Å². The number of hydrogen-bond acceptors (Lipinski definition) is 7. The number of rotatable bonds is 1. The van der Waals surface area contributed by atoms with Crippen molar-refractivity contribution in [3.05, 3.63) is 45.4 Å². The van der Waals surface area contributed by atoms with Gasteiger partial charge in [0.1, 0.15) is 0 Å². The van der Waals surface area contributed by atoms with Crippen molar-refractivity contribution >= 4 is 17.1 Å². The Morgan fingerprint density at radius 3 is 2.31 bits per heavy atom. The second-order valence-electron chi connectivity index (χ2n) is 4.67. The van der Waals surface area contributed by atoms with Gasteiger partial charge in [-0.25, -0.2) is 14.6 Å². The molecule has 0 amide bonds. The summed E-state index contributed by atoms with van der Waals surface area (Å²) in [5.74, 6) is -2.45. The van der Waals surface area contributed by atoms with Gasteiger partial charge in [-0.05, 0) is 12.1 Å². The summed E-state index contributed by atoms with van der Waals surface area (Å²) in [6.07, 6.45) is -1.90. The third kappa shape index (κ3) is 4.06. The van der Waals surface area contributed by atoms with Gasteiger partial charge in [0.25, 0.3) is 5.56 Å². The molecule has 0 spiro atoms. The van der Waals surface area contributed by atoms with E-state index in [0.29, 0.717) is 11.4 Å². The number of carbonyl (C=O) groups is 1. The molecule has 26 heavy (non-hydrogen) atoms. The lowest BCUT2D eigenvalue weighted by Crippen LogP contribution is -2.33. The molecule has 0 bridgehead atoms. The van der Waals surface area contributed by atoms with Gasteiger partial charge in [0.15, 0.2) is 17.0 Å². The van der Waals surface area contributed by atoms with E-state index in [4.69, 9.17) is 9.90 Å². The highest BCUT2D eigenvalue weighted by molar-refractivity contribution is 5.73. The number of fused-ring (bicyclic) bond motifs is 1. The van der Waals surface area contributed by atoms with Gasteiger partial charge < -0.3 is 5.11 Å². The summed E-state index contributed by atoms with van der Waals surface area (Å²) >= 11 is 0. The minimum absolute atomic E-state index is 0.0731. The Kier molecular flexibility index (Phi) is 5.09. The number of alkyl halides is 3. The monoisotopic (exact) mass is 370 g/mol. The molecule has 0 aromatic carbocycles. The van der Waals surface area contributed by atoms with Crippen molar-refractivity contribution in [2.75, 3.05) is 0 Å². The second kappa shape index (κ2) is 7.08. The fourth-order valence-electron chi connectivity index (χ4n) is 1.62. The van der Waals surface area contributed by atoms with E-state index in [1.165, 1.54) is 7.05 Å². The molecule has 0 atom stereocenters. The second-order valence-corrected chi connectivity index (χ2v) is 4.67. The number of aromatic nitrogens is 6. The lowest BCUT2D eigenvalue weighted by atomic mass is 10.2. The first kappa shape index (κ1) is 18.7. The van der Waals surface area contributed by atoms with Crippen LogP contribution in [0.4, 0.5) is 13.2 Å². The Hall–Kier alpha value is -3.64. The molecule has 0 saturated carbocycles. The van der Waals surface area contributed by atoms with Gasteiger partial charge in [0, 0.05) is 25.0 Å². The highest BCUT2D eigenvalue weighted by Crippen LogP contribution is 2.13. The lowest BCUT2D eigenvalue weighted by molar-refractivity contribution is -0.192. The molecule has 0 saturated heterocycles. The number of nitrogens with zero attached hydrogens (tertiary/aromatic N) is 5. The molecule has 0 radical (unpaired) electrons. The number of halogens is 3. The van der Waals surface area contributed by atoms with Gasteiger partial charge in [-0.3, -0.25) is 19.3 Å². The summed E-state index contributed by atoms with van der Waals surface area (Å²) in [5, 5.41) is 14.8. The molecule has 3 aromatic rings. The molecular weight excluding hydrogens is 361 g/mol. The summed E-state index contributed by atoms with van der Waals surface area (Å²) in [7, 11) is 1.37. The van der Waals surface area contributed by atoms with E-state index in [-0.39, 0.29) is 11.2 Å². The number of hydrogen-bond donors (Lipinski definition) is 2. The van der Waals surface area contributed by atoms with E-state index < -0.39 is 23.4 Å². The molecule has 10 nitrogen and oxygen atoms in total. The van der Waals surface area contributed by atoms with Crippen LogP contribution in [0.1, 0.15) is 0 Å². The summed E-state index contributed by atoms with van der Waals surface area (Å²) < 4.78 is 32.7. The maximum atomic E-state index is 11.9. The Morgan fingerprint density at radius 2 is 1.77 bits per heavy atom. The number of aromatic amines is 1. The minimum Gasteiger partial charge on any atom is -0.475 e. The van der Waals surface area contributed by atoms with E-state index in [1.54, 1.807) is 24.5 Å². The van der Waals surface area contributed by atoms with E-state index in [9.17, 15) is 22.8 Å².